The van der Waals surface area contributed by atoms with Crippen molar-refractivity contribution >= 4 is 11.8 Å². The number of aliphatic hydroxyl groups excluding tert-OH is 4. The molecule has 0 bridgehead atoms. The van der Waals surface area contributed by atoms with Crippen molar-refractivity contribution < 1.29 is 30.0 Å². The van der Waals surface area contributed by atoms with Crippen LogP contribution in [0.3, 0.4) is 0 Å². The van der Waals surface area contributed by atoms with Crippen molar-refractivity contribution in [2.24, 2.45) is 0 Å². The summed E-state index contributed by atoms with van der Waals surface area (Å²) in [7, 11) is 5.39. The molecule has 4 unspecified atom stereocenters. The Morgan fingerprint density at radius 2 is 0.833 bits per heavy atom. The van der Waals surface area contributed by atoms with Crippen molar-refractivity contribution in [2.45, 2.75) is 199 Å². The molecule has 12 nitrogen and oxygen atoms in total. The summed E-state index contributed by atoms with van der Waals surface area (Å²) in [5.41, 5.74) is 0. The first-order chi connectivity index (χ1) is 26.0. The first-order valence-corrected chi connectivity index (χ1v) is 22.1. The number of nitrogens with zero attached hydrogens (tertiary/aromatic N) is 3. The van der Waals surface area contributed by atoms with E-state index >= 15 is 0 Å². The van der Waals surface area contributed by atoms with Crippen LogP contribution in [0.4, 0.5) is 0 Å². The standard InChI is InChI=1S/C42H88N6O6/c1-6-8-10-18-24-30-46(4)40(52)35-38(50)44-28-22-16-12-14-20-26-32-48(42(54)34-37(49)43-3)33-27-21-15-13-17-23-29-45-39(51)36-41(53)47(5)31-25-19-11-9-7-2/h38-41,44-45,50-53H,6-36H2,1-5H3,(H,43,49). The van der Waals surface area contributed by atoms with E-state index in [1.807, 2.05) is 28.8 Å². The van der Waals surface area contributed by atoms with Crippen LogP contribution in [0.15, 0.2) is 0 Å². The van der Waals surface area contributed by atoms with Gasteiger partial charge in [-0.15, -0.1) is 0 Å². The van der Waals surface area contributed by atoms with E-state index in [0.29, 0.717) is 25.9 Å². The molecule has 54 heavy (non-hydrogen) atoms. The number of hydrogen-bond acceptors (Lipinski definition) is 10. The summed E-state index contributed by atoms with van der Waals surface area (Å²) in [4.78, 5) is 30.4. The predicted octanol–water partition coefficient (Wildman–Crippen LogP) is 5.67. The lowest BCUT2D eigenvalue weighted by Crippen LogP contribution is -2.40. The molecule has 0 radical (unpaired) electrons. The van der Waals surface area contributed by atoms with Gasteiger partial charge in [-0.25, -0.2) is 0 Å². The number of hydrogen-bond donors (Lipinski definition) is 7. The summed E-state index contributed by atoms with van der Waals surface area (Å²) in [5, 5.41) is 50.2. The quantitative estimate of drug-likeness (QED) is 0.0235. The van der Waals surface area contributed by atoms with E-state index in [9.17, 15) is 30.0 Å². The van der Waals surface area contributed by atoms with Crippen LogP contribution >= 0.6 is 0 Å². The summed E-state index contributed by atoms with van der Waals surface area (Å²) >= 11 is 0. The molecule has 0 fully saturated rings. The summed E-state index contributed by atoms with van der Waals surface area (Å²) < 4.78 is 0. The van der Waals surface area contributed by atoms with Crippen LogP contribution in [-0.4, -0.2) is 132 Å². The Kier molecular flexibility index (Phi) is 36.3. The summed E-state index contributed by atoms with van der Waals surface area (Å²) in [5.74, 6) is -0.351. The number of unbranched alkanes of at least 4 members (excludes halogenated alkanes) is 18. The zero-order chi connectivity index (χ0) is 40.2. The number of carbonyl (C=O) groups excluding carboxylic acids is 2. The lowest BCUT2D eigenvalue weighted by molar-refractivity contribution is -0.136. The number of amides is 2. The molecule has 0 aliphatic rings. The highest BCUT2D eigenvalue weighted by molar-refractivity contribution is 5.96. The van der Waals surface area contributed by atoms with E-state index < -0.39 is 24.9 Å². The van der Waals surface area contributed by atoms with E-state index in [-0.39, 0.29) is 18.2 Å². The van der Waals surface area contributed by atoms with E-state index in [0.717, 1.165) is 116 Å². The second kappa shape index (κ2) is 37.2. The molecule has 7 N–H and O–H groups in total. The first kappa shape index (κ1) is 52.6. The van der Waals surface area contributed by atoms with Crippen LogP contribution in [0, 0.1) is 0 Å². The molecule has 2 amide bonds. The fourth-order valence-corrected chi connectivity index (χ4v) is 6.66. The van der Waals surface area contributed by atoms with Gasteiger partial charge in [-0.3, -0.25) is 30.0 Å². The molecule has 0 rings (SSSR count). The molecule has 0 saturated heterocycles. The topological polar surface area (TPSA) is 161 Å². The minimum absolute atomic E-state index is 0.102. The lowest BCUT2D eigenvalue weighted by Gasteiger charge is -2.25. The smallest absolute Gasteiger partial charge is 0.232 e. The van der Waals surface area contributed by atoms with Gasteiger partial charge in [0.05, 0.1) is 0 Å². The minimum atomic E-state index is -0.711. The van der Waals surface area contributed by atoms with Gasteiger partial charge >= 0.3 is 0 Å². The third-order valence-corrected chi connectivity index (χ3v) is 10.5. The van der Waals surface area contributed by atoms with Crippen LogP contribution < -0.4 is 16.0 Å². The van der Waals surface area contributed by atoms with Crippen molar-refractivity contribution in [1.29, 1.82) is 0 Å². The van der Waals surface area contributed by atoms with Gasteiger partial charge in [0, 0.05) is 46.1 Å². The highest BCUT2D eigenvalue weighted by Crippen LogP contribution is 2.12. The van der Waals surface area contributed by atoms with Gasteiger partial charge in [0.2, 0.25) is 11.8 Å². The molecule has 0 aromatic rings. The fourth-order valence-electron chi connectivity index (χ4n) is 6.66. The number of aliphatic hydroxyl groups is 4. The van der Waals surface area contributed by atoms with Gasteiger partial charge in [0.1, 0.15) is 31.3 Å². The lowest BCUT2D eigenvalue weighted by atomic mass is 10.1. The Balaban J connectivity index is 4.08. The second-order valence-corrected chi connectivity index (χ2v) is 15.6. The number of carbonyl (C=O) groups is 2. The third-order valence-electron chi connectivity index (χ3n) is 10.5. The second-order valence-electron chi connectivity index (χ2n) is 15.6. The third kappa shape index (κ3) is 31.8. The number of rotatable bonds is 40. The van der Waals surface area contributed by atoms with Crippen LogP contribution in [0.1, 0.15) is 174 Å². The first-order valence-electron chi connectivity index (χ1n) is 22.1. The Morgan fingerprint density at radius 1 is 0.500 bits per heavy atom. The summed E-state index contributed by atoms with van der Waals surface area (Å²) in [6, 6.07) is 0. The molecule has 0 aromatic carbocycles. The van der Waals surface area contributed by atoms with Crippen LogP contribution in [0.2, 0.25) is 0 Å². The maximum absolute atomic E-state index is 12.8. The zero-order valence-electron chi connectivity index (χ0n) is 35.7. The molecular formula is C42H88N6O6. The molecule has 0 heterocycles. The maximum Gasteiger partial charge on any atom is 0.232 e. The van der Waals surface area contributed by atoms with Crippen molar-refractivity contribution in [3.8, 4) is 0 Å². The molecule has 12 heteroatoms. The average molecular weight is 773 g/mol. The van der Waals surface area contributed by atoms with Crippen LogP contribution in [0.5, 0.6) is 0 Å². The minimum Gasteiger partial charge on any atom is -0.378 e. The molecule has 4 atom stereocenters. The summed E-state index contributed by atoms with van der Waals surface area (Å²) in [6.07, 6.45) is 22.1. The van der Waals surface area contributed by atoms with Crippen LogP contribution in [-0.2, 0) is 9.59 Å². The Hall–Kier alpha value is -1.38. The van der Waals surface area contributed by atoms with Gasteiger partial charge in [-0.05, 0) is 65.7 Å². The Labute approximate surface area is 331 Å². The van der Waals surface area contributed by atoms with Crippen molar-refractivity contribution in [1.82, 2.24) is 30.7 Å². The largest absolute Gasteiger partial charge is 0.378 e. The van der Waals surface area contributed by atoms with Crippen molar-refractivity contribution in [3.63, 3.8) is 0 Å². The van der Waals surface area contributed by atoms with E-state index in [4.69, 9.17) is 0 Å². The summed E-state index contributed by atoms with van der Waals surface area (Å²) in [6.45, 7) is 8.89. The SMILES string of the molecule is CCCCCCCN(C)C(O)CC(O)NCCCCCCCCN(CCCCCCCCNC(O)CC(O)N(C)CCCCCCC)C(=O)CC(=O)NC. The van der Waals surface area contributed by atoms with Gasteiger partial charge in [0.15, 0.2) is 0 Å². The van der Waals surface area contributed by atoms with Crippen LogP contribution in [0.25, 0.3) is 0 Å². The average Bonchev–Trinajstić information content (AvgIpc) is 3.14. The Morgan fingerprint density at radius 3 is 1.20 bits per heavy atom. The highest BCUT2D eigenvalue weighted by Gasteiger charge is 2.18. The van der Waals surface area contributed by atoms with E-state index in [1.165, 1.54) is 51.4 Å². The van der Waals surface area contributed by atoms with Gasteiger partial charge in [0.25, 0.3) is 0 Å². The zero-order valence-corrected chi connectivity index (χ0v) is 35.7. The van der Waals surface area contributed by atoms with E-state index in [1.54, 1.807) is 7.05 Å². The highest BCUT2D eigenvalue weighted by atomic mass is 16.3. The van der Waals surface area contributed by atoms with Crippen molar-refractivity contribution in [2.75, 3.05) is 60.4 Å². The predicted molar refractivity (Wildman–Crippen MR) is 223 cm³/mol. The van der Waals surface area contributed by atoms with Gasteiger partial charge in [-0.2, -0.15) is 0 Å². The molecule has 0 aromatic heterocycles. The monoisotopic (exact) mass is 773 g/mol. The van der Waals surface area contributed by atoms with Crippen molar-refractivity contribution in [3.05, 3.63) is 0 Å². The number of nitrogens with one attached hydrogen (secondary N) is 3. The molecule has 322 valence electrons. The molecule has 0 aliphatic carbocycles. The van der Waals surface area contributed by atoms with E-state index in [2.05, 4.69) is 29.8 Å². The molecule has 0 saturated carbocycles. The van der Waals surface area contributed by atoms with Gasteiger partial charge in [-0.1, -0.05) is 117 Å². The molecular weight excluding hydrogens is 684 g/mol. The molecule has 0 spiro atoms. The Bertz CT molecular complexity index is 806. The van der Waals surface area contributed by atoms with Gasteiger partial charge < -0.3 is 30.6 Å². The maximum atomic E-state index is 12.8. The normalized spacial score (nSPS) is 14.1. The molecule has 0 aliphatic heterocycles. The fraction of sp³-hybridized carbons (Fsp3) is 0.952.